The first-order chi connectivity index (χ1) is 18.9. The first kappa shape index (κ1) is 26.5. The van der Waals surface area contributed by atoms with Gasteiger partial charge in [0.25, 0.3) is 0 Å². The van der Waals surface area contributed by atoms with Crippen molar-refractivity contribution in [3.05, 3.63) is 113 Å². The van der Waals surface area contributed by atoms with Gasteiger partial charge in [-0.05, 0) is 41.4 Å². The Bertz CT molecular complexity index is 1480. The lowest BCUT2D eigenvalue weighted by Crippen LogP contribution is -2.25. The van der Waals surface area contributed by atoms with Crippen LogP contribution in [-0.2, 0) is 31.0 Å². The van der Waals surface area contributed by atoms with Gasteiger partial charge in [0.15, 0.2) is 5.75 Å². The number of carboxylic acids is 1. The highest BCUT2D eigenvalue weighted by molar-refractivity contribution is 7.20. The predicted molar refractivity (Wildman–Crippen MR) is 155 cm³/mol. The van der Waals surface area contributed by atoms with E-state index in [9.17, 15) is 9.90 Å². The van der Waals surface area contributed by atoms with Crippen LogP contribution < -0.4 is 20.1 Å². The standard InChI is InChI=1S/C31H31N3O4S/c1-33(17-22-7-4-3-5-8-22)19-26-28-30(39-29(26)24-13-11-21(16-32)12-14-24)34(20-27(38-28)31(35)36)18-23-9-6-10-25(15-23)37-2/h3-15,20H,16-19,32H2,1-2H3,(H,35,36). The van der Waals surface area contributed by atoms with Gasteiger partial charge in [0.05, 0.1) is 13.3 Å². The van der Waals surface area contributed by atoms with Gasteiger partial charge in [0.1, 0.15) is 10.8 Å². The minimum Gasteiger partial charge on any atom is -0.497 e. The molecule has 8 heteroatoms. The van der Waals surface area contributed by atoms with E-state index in [1.807, 2.05) is 59.5 Å². The molecule has 0 fully saturated rings. The molecule has 7 nitrogen and oxygen atoms in total. The third-order valence-corrected chi connectivity index (χ3v) is 7.86. The van der Waals surface area contributed by atoms with E-state index in [1.165, 1.54) is 5.56 Å². The molecule has 4 aromatic rings. The van der Waals surface area contributed by atoms with Crippen molar-refractivity contribution in [2.75, 3.05) is 19.1 Å². The van der Waals surface area contributed by atoms with Crippen molar-refractivity contribution in [2.24, 2.45) is 5.73 Å². The average molecular weight is 542 g/mol. The van der Waals surface area contributed by atoms with Crippen LogP contribution in [0.1, 0.15) is 22.3 Å². The highest BCUT2D eigenvalue weighted by Gasteiger charge is 2.31. The van der Waals surface area contributed by atoms with Crippen molar-refractivity contribution < 1.29 is 19.4 Å². The molecule has 1 aromatic heterocycles. The van der Waals surface area contributed by atoms with E-state index in [0.717, 1.165) is 44.4 Å². The van der Waals surface area contributed by atoms with E-state index in [1.54, 1.807) is 24.6 Å². The van der Waals surface area contributed by atoms with Gasteiger partial charge in [-0.15, -0.1) is 11.3 Å². The van der Waals surface area contributed by atoms with E-state index in [0.29, 0.717) is 25.4 Å². The molecule has 0 aliphatic carbocycles. The molecule has 0 spiro atoms. The summed E-state index contributed by atoms with van der Waals surface area (Å²) in [5, 5.41) is 10.8. The highest BCUT2D eigenvalue weighted by Crippen LogP contribution is 2.51. The Morgan fingerprint density at radius 2 is 1.74 bits per heavy atom. The number of methoxy groups -OCH3 is 1. The van der Waals surface area contributed by atoms with Crippen LogP contribution in [0.25, 0.3) is 10.4 Å². The van der Waals surface area contributed by atoms with E-state index >= 15 is 0 Å². The molecule has 3 aromatic carbocycles. The van der Waals surface area contributed by atoms with Crippen molar-refractivity contribution >= 4 is 22.3 Å². The molecule has 3 N–H and O–H groups in total. The number of carboxylic acid groups (broad SMARTS) is 1. The Balaban J connectivity index is 1.57. The fraction of sp³-hybridized carbons (Fsp3) is 0.194. The molecule has 0 radical (unpaired) electrons. The van der Waals surface area contributed by atoms with Crippen LogP contribution in [0.3, 0.4) is 0 Å². The van der Waals surface area contributed by atoms with Crippen molar-refractivity contribution in [1.29, 1.82) is 0 Å². The van der Waals surface area contributed by atoms with E-state index in [2.05, 4.69) is 36.2 Å². The highest BCUT2D eigenvalue weighted by atomic mass is 32.1. The van der Waals surface area contributed by atoms with Crippen LogP contribution in [0.5, 0.6) is 11.5 Å². The maximum absolute atomic E-state index is 12.1. The smallest absolute Gasteiger partial charge is 0.373 e. The number of hydrogen-bond donors (Lipinski definition) is 2. The molecule has 0 saturated heterocycles. The molecule has 2 heterocycles. The Labute approximate surface area is 232 Å². The number of rotatable bonds is 10. The van der Waals surface area contributed by atoms with E-state index in [4.69, 9.17) is 15.2 Å². The normalized spacial score (nSPS) is 12.6. The number of nitrogens with two attached hydrogens (primary N) is 1. The van der Waals surface area contributed by atoms with Gasteiger partial charge in [-0.25, -0.2) is 4.79 Å². The maximum atomic E-state index is 12.1. The van der Waals surface area contributed by atoms with Crippen LogP contribution in [0.2, 0.25) is 0 Å². The van der Waals surface area contributed by atoms with Crippen molar-refractivity contribution in [1.82, 2.24) is 4.90 Å². The molecule has 0 saturated carbocycles. The lowest BCUT2D eigenvalue weighted by atomic mass is 10.1. The number of anilines is 1. The van der Waals surface area contributed by atoms with Crippen molar-refractivity contribution in [3.63, 3.8) is 0 Å². The molecule has 1 aliphatic heterocycles. The van der Waals surface area contributed by atoms with Crippen LogP contribution in [-0.4, -0.2) is 30.1 Å². The summed E-state index contributed by atoms with van der Waals surface area (Å²) in [6.07, 6.45) is 1.57. The van der Waals surface area contributed by atoms with Gasteiger partial charge in [0.2, 0.25) is 5.76 Å². The number of hydrogen-bond acceptors (Lipinski definition) is 7. The van der Waals surface area contributed by atoms with Gasteiger partial charge in [-0.3, -0.25) is 4.90 Å². The van der Waals surface area contributed by atoms with Crippen LogP contribution >= 0.6 is 11.3 Å². The number of aliphatic carboxylic acids is 1. The summed E-state index contributed by atoms with van der Waals surface area (Å²) in [4.78, 5) is 17.3. The minimum atomic E-state index is -1.11. The monoisotopic (exact) mass is 541 g/mol. The summed E-state index contributed by atoms with van der Waals surface area (Å²) in [5.74, 6) is 0.110. The van der Waals surface area contributed by atoms with Crippen LogP contribution in [0, 0.1) is 0 Å². The molecule has 200 valence electrons. The molecule has 0 amide bonds. The molecule has 0 atom stereocenters. The number of nitrogens with zero attached hydrogens (tertiary/aromatic N) is 2. The van der Waals surface area contributed by atoms with Gasteiger partial charge in [-0.1, -0.05) is 66.7 Å². The summed E-state index contributed by atoms with van der Waals surface area (Å²) < 4.78 is 11.5. The molecular formula is C31H31N3O4S. The van der Waals surface area contributed by atoms with Gasteiger partial charge in [-0.2, -0.15) is 0 Å². The number of fused-ring (bicyclic) bond motifs is 1. The third kappa shape index (κ3) is 5.98. The Hall–Kier alpha value is -4.11. The summed E-state index contributed by atoms with van der Waals surface area (Å²) in [5.41, 5.74) is 11.1. The summed E-state index contributed by atoms with van der Waals surface area (Å²) >= 11 is 1.60. The lowest BCUT2D eigenvalue weighted by molar-refractivity contribution is -0.135. The number of ether oxygens (including phenoxy) is 2. The topological polar surface area (TPSA) is 88.3 Å². The van der Waals surface area contributed by atoms with Gasteiger partial charge in [0, 0.05) is 36.6 Å². The second-order valence-corrected chi connectivity index (χ2v) is 10.5. The summed E-state index contributed by atoms with van der Waals surface area (Å²) in [7, 11) is 3.69. The van der Waals surface area contributed by atoms with E-state index < -0.39 is 5.97 Å². The molecule has 39 heavy (non-hydrogen) atoms. The molecule has 0 unspecified atom stereocenters. The Morgan fingerprint density at radius 1 is 1.00 bits per heavy atom. The Morgan fingerprint density at radius 3 is 2.44 bits per heavy atom. The first-order valence-electron chi connectivity index (χ1n) is 12.6. The molecule has 5 rings (SSSR count). The third-order valence-electron chi connectivity index (χ3n) is 6.56. The van der Waals surface area contributed by atoms with Crippen LogP contribution in [0.15, 0.2) is 90.8 Å². The van der Waals surface area contributed by atoms with Gasteiger partial charge >= 0.3 is 5.97 Å². The quantitative estimate of drug-likeness (QED) is 0.261. The zero-order valence-corrected chi connectivity index (χ0v) is 22.8. The minimum absolute atomic E-state index is 0.111. The fourth-order valence-electron chi connectivity index (χ4n) is 4.64. The zero-order chi connectivity index (χ0) is 27.4. The summed E-state index contributed by atoms with van der Waals surface area (Å²) in [6, 6.07) is 26.2. The number of carbonyl (C=O) groups is 1. The number of benzene rings is 3. The first-order valence-corrected chi connectivity index (χ1v) is 13.5. The zero-order valence-electron chi connectivity index (χ0n) is 22.0. The largest absolute Gasteiger partial charge is 0.497 e. The van der Waals surface area contributed by atoms with Gasteiger partial charge < -0.3 is 25.2 Å². The number of thiophene rings is 1. The van der Waals surface area contributed by atoms with Crippen molar-refractivity contribution in [2.45, 2.75) is 26.2 Å². The summed E-state index contributed by atoms with van der Waals surface area (Å²) in [6.45, 7) is 2.26. The maximum Gasteiger partial charge on any atom is 0.373 e. The fourth-order valence-corrected chi connectivity index (χ4v) is 5.86. The molecular weight excluding hydrogens is 510 g/mol. The lowest BCUT2D eigenvalue weighted by Gasteiger charge is -2.26. The molecule has 0 bridgehead atoms. The second kappa shape index (κ2) is 11.7. The average Bonchev–Trinajstić information content (AvgIpc) is 3.32. The van der Waals surface area contributed by atoms with E-state index in [-0.39, 0.29) is 5.76 Å². The van der Waals surface area contributed by atoms with Crippen LogP contribution in [0.4, 0.5) is 5.00 Å². The SMILES string of the molecule is COc1cccc(CN2C=C(C(=O)O)Oc3c2sc(-c2ccc(CN)cc2)c3CN(C)Cc2ccccc2)c1. The van der Waals surface area contributed by atoms with Crippen molar-refractivity contribution in [3.8, 4) is 21.9 Å². The Kier molecular flexibility index (Phi) is 7.97. The predicted octanol–water partition coefficient (Wildman–Crippen LogP) is 5.84. The second-order valence-electron chi connectivity index (χ2n) is 9.48. The molecule has 1 aliphatic rings.